The minimum Gasteiger partial charge on any atom is -0.371 e. The standard InChI is InChI=1S/C10H12FN3/c1-14(5-4-12)10-3-2-8(7-13)6-9(10)11/h2-3,6H,4-5,12H2,1H3. The average Bonchev–Trinajstić information content (AvgIpc) is 2.17. The molecule has 0 atom stereocenters. The molecular weight excluding hydrogens is 181 g/mol. The maximum absolute atomic E-state index is 13.4. The topological polar surface area (TPSA) is 53.0 Å². The third kappa shape index (κ3) is 2.21. The second-order valence-corrected chi connectivity index (χ2v) is 2.99. The summed E-state index contributed by atoms with van der Waals surface area (Å²) in [5, 5.41) is 8.54. The molecule has 0 bridgehead atoms. The van der Waals surface area contributed by atoms with Crippen molar-refractivity contribution in [1.29, 1.82) is 5.26 Å². The Morgan fingerprint density at radius 3 is 2.79 bits per heavy atom. The van der Waals surface area contributed by atoms with Crippen molar-refractivity contribution in [3.63, 3.8) is 0 Å². The monoisotopic (exact) mass is 193 g/mol. The number of rotatable bonds is 3. The highest BCUT2D eigenvalue weighted by Crippen LogP contribution is 2.18. The van der Waals surface area contributed by atoms with Crippen LogP contribution in [-0.2, 0) is 0 Å². The largest absolute Gasteiger partial charge is 0.371 e. The molecule has 0 heterocycles. The van der Waals surface area contributed by atoms with Crippen molar-refractivity contribution in [3.8, 4) is 6.07 Å². The number of nitrogens with zero attached hydrogens (tertiary/aromatic N) is 2. The second kappa shape index (κ2) is 4.58. The Balaban J connectivity index is 2.95. The number of anilines is 1. The molecule has 0 amide bonds. The molecule has 14 heavy (non-hydrogen) atoms. The summed E-state index contributed by atoms with van der Waals surface area (Å²) in [5.74, 6) is -0.389. The van der Waals surface area contributed by atoms with E-state index in [1.807, 2.05) is 6.07 Å². The minimum absolute atomic E-state index is 0.326. The van der Waals surface area contributed by atoms with Crippen molar-refractivity contribution in [3.05, 3.63) is 29.6 Å². The van der Waals surface area contributed by atoms with Crippen LogP contribution in [0.1, 0.15) is 5.56 Å². The fraction of sp³-hybridized carbons (Fsp3) is 0.300. The highest BCUT2D eigenvalue weighted by molar-refractivity contribution is 5.50. The number of nitrogens with two attached hydrogens (primary N) is 1. The molecule has 74 valence electrons. The van der Waals surface area contributed by atoms with Gasteiger partial charge in [0.05, 0.1) is 17.3 Å². The molecule has 0 unspecified atom stereocenters. The molecule has 3 nitrogen and oxygen atoms in total. The first-order valence-electron chi connectivity index (χ1n) is 4.30. The van der Waals surface area contributed by atoms with Crippen LogP contribution in [0.5, 0.6) is 0 Å². The zero-order chi connectivity index (χ0) is 10.6. The predicted molar refractivity (Wildman–Crippen MR) is 53.4 cm³/mol. The van der Waals surface area contributed by atoms with Crippen molar-refractivity contribution < 1.29 is 4.39 Å². The summed E-state index contributed by atoms with van der Waals surface area (Å²) in [6.07, 6.45) is 0. The molecule has 1 rings (SSSR count). The van der Waals surface area contributed by atoms with E-state index in [-0.39, 0.29) is 5.82 Å². The molecule has 0 radical (unpaired) electrons. The molecule has 0 fully saturated rings. The molecular formula is C10H12FN3. The van der Waals surface area contributed by atoms with E-state index in [4.69, 9.17) is 11.0 Å². The van der Waals surface area contributed by atoms with Gasteiger partial charge < -0.3 is 10.6 Å². The number of hydrogen-bond donors (Lipinski definition) is 1. The summed E-state index contributed by atoms with van der Waals surface area (Å²) in [6.45, 7) is 1.05. The fourth-order valence-corrected chi connectivity index (χ4v) is 1.20. The van der Waals surface area contributed by atoms with Gasteiger partial charge in [0.2, 0.25) is 0 Å². The number of likely N-dealkylation sites (N-methyl/N-ethyl adjacent to an activating group) is 1. The van der Waals surface area contributed by atoms with Crippen molar-refractivity contribution in [1.82, 2.24) is 0 Å². The zero-order valence-electron chi connectivity index (χ0n) is 8.00. The average molecular weight is 193 g/mol. The van der Waals surface area contributed by atoms with E-state index in [1.165, 1.54) is 6.07 Å². The quantitative estimate of drug-likeness (QED) is 0.781. The molecule has 0 aliphatic rings. The maximum Gasteiger partial charge on any atom is 0.147 e. The van der Waals surface area contributed by atoms with E-state index in [0.29, 0.717) is 24.3 Å². The number of halogens is 1. The van der Waals surface area contributed by atoms with Crippen LogP contribution in [0.3, 0.4) is 0 Å². The van der Waals surface area contributed by atoms with Crippen molar-refractivity contribution >= 4 is 5.69 Å². The van der Waals surface area contributed by atoms with Crippen LogP contribution < -0.4 is 10.6 Å². The summed E-state index contributed by atoms with van der Waals surface area (Å²) in [5.41, 5.74) is 6.15. The van der Waals surface area contributed by atoms with E-state index in [2.05, 4.69) is 0 Å². The number of benzene rings is 1. The van der Waals surface area contributed by atoms with E-state index in [9.17, 15) is 4.39 Å². The SMILES string of the molecule is CN(CCN)c1ccc(C#N)cc1F. The van der Waals surface area contributed by atoms with E-state index < -0.39 is 0 Å². The molecule has 1 aromatic carbocycles. The third-order valence-corrected chi connectivity index (χ3v) is 1.95. The highest BCUT2D eigenvalue weighted by atomic mass is 19.1. The zero-order valence-corrected chi connectivity index (χ0v) is 8.00. The molecule has 0 spiro atoms. The van der Waals surface area contributed by atoms with Gasteiger partial charge in [-0.05, 0) is 18.2 Å². The summed E-state index contributed by atoms with van der Waals surface area (Å²) in [7, 11) is 1.76. The van der Waals surface area contributed by atoms with E-state index >= 15 is 0 Å². The summed E-state index contributed by atoms with van der Waals surface area (Å²) in [6, 6.07) is 6.28. The number of hydrogen-bond acceptors (Lipinski definition) is 3. The minimum atomic E-state index is -0.389. The van der Waals surface area contributed by atoms with Crippen LogP contribution in [-0.4, -0.2) is 20.1 Å². The Morgan fingerprint density at radius 1 is 1.57 bits per heavy atom. The van der Waals surface area contributed by atoms with Crippen molar-refractivity contribution in [2.24, 2.45) is 5.73 Å². The molecule has 4 heteroatoms. The third-order valence-electron chi connectivity index (χ3n) is 1.95. The van der Waals surface area contributed by atoms with Gasteiger partial charge in [-0.25, -0.2) is 4.39 Å². The van der Waals surface area contributed by atoms with Gasteiger partial charge in [0.15, 0.2) is 0 Å². The van der Waals surface area contributed by atoms with E-state index in [1.54, 1.807) is 24.1 Å². The van der Waals surface area contributed by atoms with Crippen LogP contribution >= 0.6 is 0 Å². The van der Waals surface area contributed by atoms with Crippen LogP contribution in [0.15, 0.2) is 18.2 Å². The molecule has 1 aromatic rings. The Hall–Kier alpha value is -1.60. The first-order valence-corrected chi connectivity index (χ1v) is 4.30. The number of nitriles is 1. The molecule has 2 N–H and O–H groups in total. The van der Waals surface area contributed by atoms with E-state index in [0.717, 1.165) is 0 Å². The molecule has 0 saturated carbocycles. The second-order valence-electron chi connectivity index (χ2n) is 2.99. The van der Waals surface area contributed by atoms with Crippen molar-refractivity contribution in [2.75, 3.05) is 25.0 Å². The predicted octanol–water partition coefficient (Wildman–Crippen LogP) is 1.09. The lowest BCUT2D eigenvalue weighted by Gasteiger charge is -2.18. The lowest BCUT2D eigenvalue weighted by Crippen LogP contribution is -2.25. The lowest BCUT2D eigenvalue weighted by molar-refractivity contribution is 0.622. The molecule has 0 aliphatic heterocycles. The van der Waals surface area contributed by atoms with Crippen LogP contribution in [0, 0.1) is 17.1 Å². The van der Waals surface area contributed by atoms with Gasteiger partial charge in [0, 0.05) is 20.1 Å². The normalized spacial score (nSPS) is 9.57. The van der Waals surface area contributed by atoms with Gasteiger partial charge in [-0.2, -0.15) is 5.26 Å². The summed E-state index contributed by atoms with van der Waals surface area (Å²) >= 11 is 0. The van der Waals surface area contributed by atoms with Crippen LogP contribution in [0.25, 0.3) is 0 Å². The molecule has 0 saturated heterocycles. The summed E-state index contributed by atoms with van der Waals surface area (Å²) < 4.78 is 13.4. The van der Waals surface area contributed by atoms with Gasteiger partial charge in [0.25, 0.3) is 0 Å². The van der Waals surface area contributed by atoms with Crippen LogP contribution in [0.2, 0.25) is 0 Å². The lowest BCUT2D eigenvalue weighted by atomic mass is 10.2. The van der Waals surface area contributed by atoms with Gasteiger partial charge in [-0.3, -0.25) is 0 Å². The first-order chi connectivity index (χ1) is 6.69. The highest BCUT2D eigenvalue weighted by Gasteiger charge is 2.07. The van der Waals surface area contributed by atoms with Crippen LogP contribution in [0.4, 0.5) is 10.1 Å². The molecule has 0 aliphatic carbocycles. The fourth-order valence-electron chi connectivity index (χ4n) is 1.20. The smallest absolute Gasteiger partial charge is 0.147 e. The Labute approximate surface area is 82.5 Å². The van der Waals surface area contributed by atoms with Gasteiger partial charge in [-0.15, -0.1) is 0 Å². The molecule has 0 aromatic heterocycles. The Bertz CT molecular complexity index is 357. The first kappa shape index (κ1) is 10.5. The van der Waals surface area contributed by atoms with Crippen molar-refractivity contribution in [2.45, 2.75) is 0 Å². The van der Waals surface area contributed by atoms with Gasteiger partial charge in [0.1, 0.15) is 5.82 Å². The maximum atomic E-state index is 13.4. The Morgan fingerprint density at radius 2 is 2.29 bits per heavy atom. The van der Waals surface area contributed by atoms with Gasteiger partial charge >= 0.3 is 0 Å². The summed E-state index contributed by atoms with van der Waals surface area (Å²) in [4.78, 5) is 1.72. The Kier molecular flexibility index (Phi) is 3.43. The van der Waals surface area contributed by atoms with Gasteiger partial charge in [-0.1, -0.05) is 0 Å².